The molecule has 5 heteroatoms. The minimum atomic E-state index is 0.662. The molecule has 0 bridgehead atoms. The van der Waals surface area contributed by atoms with Gasteiger partial charge in [0.2, 0.25) is 0 Å². The number of aryl methyl sites for hydroxylation is 2. The molecule has 0 aliphatic carbocycles. The summed E-state index contributed by atoms with van der Waals surface area (Å²) in [6, 6.07) is 11.9. The zero-order valence-electron chi connectivity index (χ0n) is 13.5. The van der Waals surface area contributed by atoms with Crippen molar-refractivity contribution >= 4 is 29.0 Å². The number of fused-ring (bicyclic) bond motifs is 1. The Morgan fingerprint density at radius 3 is 2.71 bits per heavy atom. The molecular formula is C19H17Cl2N3. The van der Waals surface area contributed by atoms with Crippen LogP contribution >= 0.6 is 23.2 Å². The van der Waals surface area contributed by atoms with Gasteiger partial charge in [-0.2, -0.15) is 5.10 Å². The van der Waals surface area contributed by atoms with Crippen LogP contribution in [0.25, 0.3) is 16.9 Å². The summed E-state index contributed by atoms with van der Waals surface area (Å²) in [6.45, 7) is 5.11. The molecule has 0 spiro atoms. The van der Waals surface area contributed by atoms with Crippen molar-refractivity contribution in [1.29, 1.82) is 0 Å². The predicted molar refractivity (Wildman–Crippen MR) is 101 cm³/mol. The minimum absolute atomic E-state index is 0.662. The van der Waals surface area contributed by atoms with Gasteiger partial charge in [0.05, 0.1) is 16.4 Å². The molecule has 3 nitrogen and oxygen atoms in total. The Morgan fingerprint density at radius 1 is 1.08 bits per heavy atom. The number of nitrogens with zero attached hydrogens (tertiary/aromatic N) is 2. The molecule has 1 aliphatic rings. The largest absolute Gasteiger partial charge is 0.369 e. The van der Waals surface area contributed by atoms with Crippen LogP contribution in [0.2, 0.25) is 10.0 Å². The van der Waals surface area contributed by atoms with Crippen LogP contribution in [0.1, 0.15) is 16.7 Å². The number of anilines is 1. The molecule has 2 heterocycles. The summed E-state index contributed by atoms with van der Waals surface area (Å²) >= 11 is 12.6. The second-order valence-electron chi connectivity index (χ2n) is 6.18. The van der Waals surface area contributed by atoms with Gasteiger partial charge in [0.1, 0.15) is 5.82 Å². The van der Waals surface area contributed by atoms with Gasteiger partial charge in [-0.1, -0.05) is 40.9 Å². The number of rotatable bonds is 2. The summed E-state index contributed by atoms with van der Waals surface area (Å²) in [5, 5.41) is 9.66. The summed E-state index contributed by atoms with van der Waals surface area (Å²) in [5.74, 6) is 1.05. The lowest BCUT2D eigenvalue weighted by Crippen LogP contribution is -2.05. The van der Waals surface area contributed by atoms with Crippen molar-refractivity contribution in [3.05, 3.63) is 63.1 Å². The number of benzene rings is 2. The van der Waals surface area contributed by atoms with Gasteiger partial charge in [0.25, 0.3) is 0 Å². The van der Waals surface area contributed by atoms with Gasteiger partial charge < -0.3 is 5.32 Å². The minimum Gasteiger partial charge on any atom is -0.369 e. The molecule has 0 radical (unpaired) electrons. The topological polar surface area (TPSA) is 29.9 Å². The van der Waals surface area contributed by atoms with Crippen molar-refractivity contribution in [2.75, 3.05) is 11.9 Å². The molecule has 24 heavy (non-hydrogen) atoms. The van der Waals surface area contributed by atoms with E-state index < -0.39 is 0 Å². The zero-order valence-corrected chi connectivity index (χ0v) is 15.0. The molecule has 2 aromatic carbocycles. The molecule has 1 aromatic heterocycles. The Labute approximate surface area is 151 Å². The van der Waals surface area contributed by atoms with Crippen LogP contribution in [0, 0.1) is 13.8 Å². The third-order valence-corrected chi connectivity index (χ3v) is 4.98. The van der Waals surface area contributed by atoms with E-state index in [1.165, 1.54) is 16.7 Å². The lowest BCUT2D eigenvalue weighted by atomic mass is 10.1. The number of halogens is 2. The fourth-order valence-corrected chi connectivity index (χ4v) is 3.67. The first kappa shape index (κ1) is 15.6. The molecule has 0 amide bonds. The van der Waals surface area contributed by atoms with E-state index in [0.29, 0.717) is 10.0 Å². The van der Waals surface area contributed by atoms with Gasteiger partial charge in [-0.3, -0.25) is 0 Å². The summed E-state index contributed by atoms with van der Waals surface area (Å²) in [7, 11) is 0. The quantitative estimate of drug-likeness (QED) is 0.662. The monoisotopic (exact) mass is 357 g/mol. The van der Waals surface area contributed by atoms with Crippen LogP contribution in [0.4, 0.5) is 5.82 Å². The molecule has 0 saturated carbocycles. The van der Waals surface area contributed by atoms with Crippen LogP contribution in [0.5, 0.6) is 0 Å². The van der Waals surface area contributed by atoms with Crippen LogP contribution in [0.3, 0.4) is 0 Å². The maximum atomic E-state index is 6.41. The first-order chi connectivity index (χ1) is 11.5. The van der Waals surface area contributed by atoms with Crippen molar-refractivity contribution in [1.82, 2.24) is 9.78 Å². The van der Waals surface area contributed by atoms with Crippen LogP contribution in [-0.4, -0.2) is 16.3 Å². The lowest BCUT2D eigenvalue weighted by Gasteiger charge is -2.10. The van der Waals surface area contributed by atoms with Gasteiger partial charge >= 0.3 is 0 Å². The van der Waals surface area contributed by atoms with E-state index in [-0.39, 0.29) is 0 Å². The maximum Gasteiger partial charge on any atom is 0.133 e. The average Bonchev–Trinajstić information content (AvgIpc) is 3.13. The highest BCUT2D eigenvalue weighted by molar-refractivity contribution is 6.35. The molecule has 4 rings (SSSR count). The Kier molecular flexibility index (Phi) is 3.78. The normalized spacial score (nSPS) is 13.0. The second-order valence-corrected chi connectivity index (χ2v) is 7.02. The number of hydrogen-bond acceptors (Lipinski definition) is 2. The molecule has 0 unspecified atom stereocenters. The van der Waals surface area contributed by atoms with Crippen molar-refractivity contribution in [3.8, 4) is 16.9 Å². The molecule has 122 valence electrons. The molecule has 3 aromatic rings. The lowest BCUT2D eigenvalue weighted by molar-refractivity contribution is 0.874. The third-order valence-electron chi connectivity index (χ3n) is 4.41. The van der Waals surface area contributed by atoms with Crippen molar-refractivity contribution in [3.63, 3.8) is 0 Å². The van der Waals surface area contributed by atoms with E-state index in [0.717, 1.165) is 35.7 Å². The maximum absolute atomic E-state index is 6.41. The molecular weight excluding hydrogens is 341 g/mol. The average molecular weight is 358 g/mol. The highest BCUT2D eigenvalue weighted by Gasteiger charge is 2.25. The first-order valence-electron chi connectivity index (χ1n) is 7.93. The molecule has 0 fully saturated rings. The number of hydrogen-bond donors (Lipinski definition) is 1. The summed E-state index contributed by atoms with van der Waals surface area (Å²) in [4.78, 5) is 0. The van der Waals surface area contributed by atoms with E-state index in [9.17, 15) is 0 Å². The Morgan fingerprint density at radius 2 is 1.92 bits per heavy atom. The van der Waals surface area contributed by atoms with Crippen molar-refractivity contribution in [2.45, 2.75) is 20.3 Å². The first-order valence-corrected chi connectivity index (χ1v) is 8.69. The molecule has 0 atom stereocenters. The van der Waals surface area contributed by atoms with E-state index in [1.54, 1.807) is 6.07 Å². The third kappa shape index (κ3) is 2.48. The molecule has 1 N–H and O–H groups in total. The van der Waals surface area contributed by atoms with E-state index in [1.807, 2.05) is 16.8 Å². The van der Waals surface area contributed by atoms with E-state index in [4.69, 9.17) is 28.3 Å². The fourth-order valence-electron chi connectivity index (χ4n) is 3.29. The number of aromatic nitrogens is 2. The summed E-state index contributed by atoms with van der Waals surface area (Å²) in [6.07, 6.45) is 0.929. The van der Waals surface area contributed by atoms with Gasteiger partial charge in [0.15, 0.2) is 0 Å². The summed E-state index contributed by atoms with van der Waals surface area (Å²) in [5.41, 5.74) is 6.49. The van der Waals surface area contributed by atoms with Crippen LogP contribution in [-0.2, 0) is 6.42 Å². The van der Waals surface area contributed by atoms with E-state index >= 15 is 0 Å². The highest BCUT2D eigenvalue weighted by atomic mass is 35.5. The van der Waals surface area contributed by atoms with E-state index in [2.05, 4.69) is 37.4 Å². The second kappa shape index (κ2) is 5.83. The van der Waals surface area contributed by atoms with Gasteiger partial charge in [-0.25, -0.2) is 4.68 Å². The fraction of sp³-hybridized carbons (Fsp3) is 0.211. The molecule has 1 aliphatic heterocycles. The Bertz CT molecular complexity index is 944. The predicted octanol–water partition coefficient (Wildman–Crippen LogP) is 5.43. The Balaban J connectivity index is 1.94. The van der Waals surface area contributed by atoms with Crippen molar-refractivity contribution < 1.29 is 0 Å². The zero-order chi connectivity index (χ0) is 16.8. The number of nitrogens with one attached hydrogen (secondary N) is 1. The summed E-state index contributed by atoms with van der Waals surface area (Å²) < 4.78 is 1.99. The van der Waals surface area contributed by atoms with Gasteiger partial charge in [-0.05, 0) is 50.1 Å². The van der Waals surface area contributed by atoms with Crippen LogP contribution in [0.15, 0.2) is 36.4 Å². The van der Waals surface area contributed by atoms with Crippen LogP contribution < -0.4 is 5.32 Å². The van der Waals surface area contributed by atoms with Gasteiger partial charge in [0, 0.05) is 22.7 Å². The highest BCUT2D eigenvalue weighted by Crippen LogP contribution is 2.38. The smallest absolute Gasteiger partial charge is 0.133 e. The van der Waals surface area contributed by atoms with Gasteiger partial charge in [-0.15, -0.1) is 0 Å². The molecule has 0 saturated heterocycles. The SMILES string of the molecule is Cc1ccc(-n2nc(-c3cc(Cl)ccc3Cl)c3c2NCC3)c(C)c1. The van der Waals surface area contributed by atoms with Crippen molar-refractivity contribution in [2.24, 2.45) is 0 Å². The Hall–Kier alpha value is -1.97. The standard InChI is InChI=1S/C19H17Cl2N3/c1-11-3-6-17(12(2)9-11)24-19-14(7-8-22-19)18(23-24)15-10-13(20)4-5-16(15)21/h3-6,9-10,22H,7-8H2,1-2H3.